The summed E-state index contributed by atoms with van der Waals surface area (Å²) in [7, 11) is 0. The molecule has 0 bridgehead atoms. The van der Waals surface area contributed by atoms with E-state index < -0.39 is 0 Å². The summed E-state index contributed by atoms with van der Waals surface area (Å²) < 4.78 is 5.94. The molecule has 0 fully saturated rings. The molecule has 0 aromatic heterocycles. The Morgan fingerprint density at radius 3 is 2.38 bits per heavy atom. The second kappa shape index (κ2) is 5.67. The molecule has 104 valence electrons. The molecule has 3 aromatic carbocycles. The number of rotatable bonds is 3. The summed E-state index contributed by atoms with van der Waals surface area (Å²) in [5.41, 5.74) is 0.757. The molecule has 1 N–H and O–H groups in total. The van der Waals surface area contributed by atoms with Crippen molar-refractivity contribution < 1.29 is 9.53 Å². The van der Waals surface area contributed by atoms with Gasteiger partial charge >= 0.3 is 0 Å². The van der Waals surface area contributed by atoms with Gasteiger partial charge in [0, 0.05) is 18.0 Å². The van der Waals surface area contributed by atoms with Gasteiger partial charge in [0.25, 0.3) is 0 Å². The van der Waals surface area contributed by atoms with Crippen LogP contribution in [0.4, 0.5) is 5.69 Å². The monoisotopic (exact) mass is 277 g/mol. The molecule has 21 heavy (non-hydrogen) atoms. The molecule has 3 aromatic rings. The topological polar surface area (TPSA) is 38.3 Å². The van der Waals surface area contributed by atoms with Gasteiger partial charge in [0.05, 0.1) is 0 Å². The fourth-order valence-electron chi connectivity index (χ4n) is 2.22. The van der Waals surface area contributed by atoms with E-state index in [1.165, 1.54) is 6.92 Å². The highest BCUT2D eigenvalue weighted by molar-refractivity contribution is 5.89. The van der Waals surface area contributed by atoms with Gasteiger partial charge in [-0.1, -0.05) is 36.4 Å². The van der Waals surface area contributed by atoms with Crippen molar-refractivity contribution in [1.29, 1.82) is 0 Å². The van der Waals surface area contributed by atoms with Crippen molar-refractivity contribution in [1.82, 2.24) is 0 Å². The van der Waals surface area contributed by atoms with Crippen LogP contribution >= 0.6 is 0 Å². The smallest absolute Gasteiger partial charge is 0.221 e. The Morgan fingerprint density at radius 2 is 1.62 bits per heavy atom. The lowest BCUT2D eigenvalue weighted by Crippen LogP contribution is -2.05. The molecule has 3 heteroatoms. The van der Waals surface area contributed by atoms with Crippen molar-refractivity contribution in [3.05, 3.63) is 66.7 Å². The van der Waals surface area contributed by atoms with E-state index in [-0.39, 0.29) is 5.91 Å². The summed E-state index contributed by atoms with van der Waals surface area (Å²) in [5, 5.41) is 4.95. The molecule has 3 nitrogen and oxygen atoms in total. The zero-order chi connectivity index (χ0) is 14.7. The Labute approximate surface area is 123 Å². The molecular weight excluding hydrogens is 262 g/mol. The number of hydrogen-bond acceptors (Lipinski definition) is 2. The number of ether oxygens (including phenoxy) is 1. The van der Waals surface area contributed by atoms with Gasteiger partial charge in [-0.3, -0.25) is 4.79 Å². The van der Waals surface area contributed by atoms with Gasteiger partial charge in [-0.2, -0.15) is 0 Å². The van der Waals surface area contributed by atoms with Gasteiger partial charge in [0.15, 0.2) is 0 Å². The average Bonchev–Trinajstić information content (AvgIpc) is 2.49. The summed E-state index contributed by atoms with van der Waals surface area (Å²) in [6, 6.07) is 21.4. The molecule has 0 saturated carbocycles. The first-order valence-electron chi connectivity index (χ1n) is 6.76. The number of carbonyl (C=O) groups is 1. The van der Waals surface area contributed by atoms with E-state index in [2.05, 4.69) is 17.4 Å². The van der Waals surface area contributed by atoms with Crippen LogP contribution in [0.5, 0.6) is 11.5 Å². The minimum absolute atomic E-state index is 0.0854. The van der Waals surface area contributed by atoms with Crippen LogP contribution in [-0.4, -0.2) is 5.91 Å². The van der Waals surface area contributed by atoms with Crippen molar-refractivity contribution >= 4 is 22.4 Å². The Hall–Kier alpha value is -2.81. The van der Waals surface area contributed by atoms with Gasteiger partial charge in [-0.25, -0.2) is 0 Å². The summed E-state index contributed by atoms with van der Waals surface area (Å²) in [5.74, 6) is 1.47. The molecule has 0 aliphatic heterocycles. The quantitative estimate of drug-likeness (QED) is 0.760. The van der Waals surface area contributed by atoms with E-state index in [1.54, 1.807) is 0 Å². The third-order valence-corrected chi connectivity index (χ3v) is 3.15. The van der Waals surface area contributed by atoms with Crippen molar-refractivity contribution in [2.75, 3.05) is 5.32 Å². The van der Waals surface area contributed by atoms with E-state index in [1.807, 2.05) is 54.6 Å². The number of benzene rings is 3. The Morgan fingerprint density at radius 1 is 0.905 bits per heavy atom. The van der Waals surface area contributed by atoms with E-state index in [4.69, 9.17) is 4.74 Å². The second-order valence-corrected chi connectivity index (χ2v) is 4.78. The predicted molar refractivity (Wildman–Crippen MR) is 84.8 cm³/mol. The maximum absolute atomic E-state index is 11.0. The molecule has 0 unspecified atom stereocenters. The molecular formula is C18H15NO2. The molecule has 0 atom stereocenters. The Bertz CT molecular complexity index is 773. The summed E-state index contributed by atoms with van der Waals surface area (Å²) in [4.78, 5) is 11.0. The van der Waals surface area contributed by atoms with Crippen LogP contribution in [0, 0.1) is 0 Å². The van der Waals surface area contributed by atoms with Crippen molar-refractivity contribution in [2.45, 2.75) is 6.92 Å². The second-order valence-electron chi connectivity index (χ2n) is 4.78. The SMILES string of the molecule is CC(=O)Nc1ccc(Oc2cccc3ccccc23)cc1. The van der Waals surface area contributed by atoms with E-state index >= 15 is 0 Å². The molecule has 0 spiro atoms. The van der Waals surface area contributed by atoms with Gasteiger partial charge in [-0.15, -0.1) is 0 Å². The zero-order valence-corrected chi connectivity index (χ0v) is 11.7. The average molecular weight is 277 g/mol. The lowest BCUT2D eigenvalue weighted by Gasteiger charge is -2.09. The summed E-state index contributed by atoms with van der Waals surface area (Å²) >= 11 is 0. The number of carbonyl (C=O) groups excluding carboxylic acids is 1. The summed E-state index contributed by atoms with van der Waals surface area (Å²) in [6.07, 6.45) is 0. The highest BCUT2D eigenvalue weighted by Crippen LogP contribution is 2.30. The third-order valence-electron chi connectivity index (χ3n) is 3.15. The van der Waals surface area contributed by atoms with Crippen molar-refractivity contribution in [3.8, 4) is 11.5 Å². The highest BCUT2D eigenvalue weighted by atomic mass is 16.5. The van der Waals surface area contributed by atoms with Crippen LogP contribution in [0.2, 0.25) is 0 Å². The predicted octanol–water partition coefficient (Wildman–Crippen LogP) is 4.59. The molecule has 1 amide bonds. The first-order valence-corrected chi connectivity index (χ1v) is 6.76. The number of hydrogen-bond donors (Lipinski definition) is 1. The zero-order valence-electron chi connectivity index (χ0n) is 11.7. The van der Waals surface area contributed by atoms with E-state index in [9.17, 15) is 4.79 Å². The minimum atomic E-state index is -0.0854. The van der Waals surface area contributed by atoms with E-state index in [0.717, 1.165) is 28.0 Å². The number of anilines is 1. The van der Waals surface area contributed by atoms with E-state index in [0.29, 0.717) is 0 Å². The minimum Gasteiger partial charge on any atom is -0.457 e. The highest BCUT2D eigenvalue weighted by Gasteiger charge is 2.03. The molecule has 0 heterocycles. The van der Waals surface area contributed by atoms with Crippen LogP contribution in [0.1, 0.15) is 6.92 Å². The largest absolute Gasteiger partial charge is 0.457 e. The van der Waals surface area contributed by atoms with Crippen LogP contribution in [-0.2, 0) is 4.79 Å². The molecule has 3 rings (SSSR count). The number of amides is 1. The standard InChI is InChI=1S/C18H15NO2/c1-13(20)19-15-9-11-16(12-10-15)21-18-8-4-6-14-5-2-3-7-17(14)18/h2-12H,1H3,(H,19,20). The van der Waals surface area contributed by atoms with Gasteiger partial charge in [0.1, 0.15) is 11.5 Å². The molecule has 0 radical (unpaired) electrons. The first-order chi connectivity index (χ1) is 10.2. The lowest BCUT2D eigenvalue weighted by molar-refractivity contribution is -0.114. The van der Waals surface area contributed by atoms with Crippen LogP contribution in [0.15, 0.2) is 66.7 Å². The van der Waals surface area contributed by atoms with Gasteiger partial charge < -0.3 is 10.1 Å². The number of nitrogens with one attached hydrogen (secondary N) is 1. The lowest BCUT2D eigenvalue weighted by atomic mass is 10.1. The first kappa shape index (κ1) is 13.2. The number of fused-ring (bicyclic) bond motifs is 1. The molecule has 0 saturated heterocycles. The van der Waals surface area contributed by atoms with Crippen LogP contribution in [0.3, 0.4) is 0 Å². The Balaban J connectivity index is 1.87. The normalized spacial score (nSPS) is 10.3. The maximum atomic E-state index is 11.0. The third kappa shape index (κ3) is 3.03. The van der Waals surface area contributed by atoms with Crippen LogP contribution in [0.25, 0.3) is 10.8 Å². The summed E-state index contributed by atoms with van der Waals surface area (Å²) in [6.45, 7) is 1.49. The Kier molecular flexibility index (Phi) is 3.56. The van der Waals surface area contributed by atoms with Crippen molar-refractivity contribution in [2.24, 2.45) is 0 Å². The molecule has 0 aliphatic rings. The van der Waals surface area contributed by atoms with Gasteiger partial charge in [-0.05, 0) is 35.7 Å². The maximum Gasteiger partial charge on any atom is 0.221 e. The van der Waals surface area contributed by atoms with Gasteiger partial charge in [0.2, 0.25) is 5.91 Å². The van der Waals surface area contributed by atoms with Crippen molar-refractivity contribution in [3.63, 3.8) is 0 Å². The van der Waals surface area contributed by atoms with Crippen LogP contribution < -0.4 is 10.1 Å². The fraction of sp³-hybridized carbons (Fsp3) is 0.0556. The molecule has 0 aliphatic carbocycles. The fourth-order valence-corrected chi connectivity index (χ4v) is 2.22.